The van der Waals surface area contributed by atoms with Crippen molar-refractivity contribution < 1.29 is 4.79 Å². The zero-order chi connectivity index (χ0) is 26.4. The van der Waals surface area contributed by atoms with Crippen molar-refractivity contribution >= 4 is 16.6 Å². The van der Waals surface area contributed by atoms with Crippen LogP contribution < -0.4 is 0 Å². The zero-order valence-electron chi connectivity index (χ0n) is 23.0. The van der Waals surface area contributed by atoms with Gasteiger partial charge in [0.1, 0.15) is 0 Å². The second-order valence-electron chi connectivity index (χ2n) is 11.6. The van der Waals surface area contributed by atoms with Crippen molar-refractivity contribution in [1.29, 1.82) is 0 Å². The van der Waals surface area contributed by atoms with E-state index in [1.807, 2.05) is 0 Å². The summed E-state index contributed by atoms with van der Waals surface area (Å²) >= 11 is 0. The van der Waals surface area contributed by atoms with Crippen LogP contribution in [0.5, 0.6) is 0 Å². The van der Waals surface area contributed by atoms with E-state index in [1.165, 1.54) is 45.9 Å². The van der Waals surface area contributed by atoms with E-state index < -0.39 is 0 Å². The van der Waals surface area contributed by atoms with Gasteiger partial charge in [0.25, 0.3) is 0 Å². The molecule has 4 aromatic rings. The maximum Gasteiger partial charge on any atom is 0.162 e. The second-order valence-corrected chi connectivity index (χ2v) is 11.6. The van der Waals surface area contributed by atoms with E-state index in [0.29, 0.717) is 18.1 Å². The quantitative estimate of drug-likeness (QED) is 0.229. The minimum absolute atomic E-state index is 0.321. The number of carbonyl (C=O) groups is 1. The summed E-state index contributed by atoms with van der Waals surface area (Å²) in [6.07, 6.45) is 6.18. The molecule has 0 aliphatic carbocycles. The van der Waals surface area contributed by atoms with Gasteiger partial charge in [0, 0.05) is 38.2 Å². The van der Waals surface area contributed by atoms with Gasteiger partial charge in [-0.15, -0.1) is 0 Å². The molecule has 0 amide bonds. The number of likely N-dealkylation sites (tertiary alicyclic amines) is 1. The van der Waals surface area contributed by atoms with Gasteiger partial charge in [-0.2, -0.15) is 0 Å². The highest BCUT2D eigenvalue weighted by Crippen LogP contribution is 2.26. The van der Waals surface area contributed by atoms with Crippen LogP contribution in [0.1, 0.15) is 58.3 Å². The van der Waals surface area contributed by atoms with Crippen molar-refractivity contribution in [3.05, 3.63) is 119 Å². The lowest BCUT2D eigenvalue weighted by Gasteiger charge is -2.32. The Hall–Kier alpha value is -3.27. The van der Waals surface area contributed by atoms with Crippen LogP contribution in [0.2, 0.25) is 0 Å². The van der Waals surface area contributed by atoms with Gasteiger partial charge in [0.05, 0.1) is 0 Å². The van der Waals surface area contributed by atoms with Gasteiger partial charge in [-0.1, -0.05) is 78.9 Å². The lowest BCUT2D eigenvalue weighted by Crippen LogP contribution is -2.33. The Morgan fingerprint density at radius 1 is 0.641 bits per heavy atom. The molecule has 200 valence electrons. The van der Waals surface area contributed by atoms with Crippen molar-refractivity contribution in [1.82, 2.24) is 9.80 Å². The van der Waals surface area contributed by atoms with E-state index in [1.54, 1.807) is 0 Å². The molecule has 3 heteroatoms. The van der Waals surface area contributed by atoms with Crippen LogP contribution >= 0.6 is 0 Å². The molecule has 0 spiro atoms. The summed E-state index contributed by atoms with van der Waals surface area (Å²) in [6.45, 7) is 6.41. The predicted octanol–water partition coefficient (Wildman–Crippen LogP) is 7.32. The summed E-state index contributed by atoms with van der Waals surface area (Å²) in [4.78, 5) is 18.3. The van der Waals surface area contributed by atoms with Crippen molar-refractivity contribution in [2.45, 2.75) is 51.6 Å². The van der Waals surface area contributed by atoms with E-state index in [-0.39, 0.29) is 0 Å². The number of fused-ring (bicyclic) bond motifs is 2. The van der Waals surface area contributed by atoms with Crippen molar-refractivity contribution in [2.75, 3.05) is 26.2 Å². The third-order valence-corrected chi connectivity index (χ3v) is 8.88. The summed E-state index contributed by atoms with van der Waals surface area (Å²) < 4.78 is 0. The molecule has 6 rings (SSSR count). The lowest BCUT2D eigenvalue weighted by atomic mass is 9.89. The maximum atomic E-state index is 13.2. The maximum absolute atomic E-state index is 13.2. The molecule has 0 N–H and O–H groups in total. The molecule has 0 aromatic heterocycles. The molecule has 2 heterocycles. The molecule has 0 radical (unpaired) electrons. The molecule has 1 fully saturated rings. The number of Topliss-reactive ketones (excluding diaryl/α,β-unsaturated/α-hetero) is 1. The van der Waals surface area contributed by atoms with Crippen molar-refractivity contribution in [2.24, 2.45) is 5.92 Å². The first kappa shape index (κ1) is 26.0. The van der Waals surface area contributed by atoms with Crippen LogP contribution in [0.15, 0.2) is 91.0 Å². The molecule has 4 aromatic carbocycles. The van der Waals surface area contributed by atoms with E-state index in [9.17, 15) is 4.79 Å². The fourth-order valence-corrected chi connectivity index (χ4v) is 6.45. The minimum atomic E-state index is 0.321. The summed E-state index contributed by atoms with van der Waals surface area (Å²) in [6, 6.07) is 32.7. The number of piperidine rings is 1. The SMILES string of the molecule is O=C(CCC1CCN(Cc2ccc3ccccc3c2)CC1)c1ccc2c(c1)CCN(Cc1ccccc1)CC2. The normalized spacial score (nSPS) is 17.1. The zero-order valence-corrected chi connectivity index (χ0v) is 23.0. The first-order valence-electron chi connectivity index (χ1n) is 14.8. The van der Waals surface area contributed by atoms with Crippen LogP contribution in [0.4, 0.5) is 0 Å². The molecule has 3 nitrogen and oxygen atoms in total. The number of benzene rings is 4. The van der Waals surface area contributed by atoms with E-state index >= 15 is 0 Å². The summed E-state index contributed by atoms with van der Waals surface area (Å²) in [5.74, 6) is 0.982. The largest absolute Gasteiger partial charge is 0.299 e. The first-order valence-corrected chi connectivity index (χ1v) is 14.8. The lowest BCUT2D eigenvalue weighted by molar-refractivity contribution is 0.0961. The Bertz CT molecular complexity index is 1400. The molecule has 2 aliphatic rings. The number of nitrogens with zero attached hydrogens (tertiary/aromatic N) is 2. The van der Waals surface area contributed by atoms with Gasteiger partial charge < -0.3 is 0 Å². The average molecular weight is 517 g/mol. The van der Waals surface area contributed by atoms with Crippen LogP contribution in [-0.2, 0) is 25.9 Å². The Morgan fingerprint density at radius 3 is 2.15 bits per heavy atom. The minimum Gasteiger partial charge on any atom is -0.299 e. The predicted molar refractivity (Wildman–Crippen MR) is 161 cm³/mol. The van der Waals surface area contributed by atoms with E-state index in [0.717, 1.165) is 64.1 Å². The van der Waals surface area contributed by atoms with Crippen LogP contribution in [0.3, 0.4) is 0 Å². The number of hydrogen-bond acceptors (Lipinski definition) is 3. The van der Waals surface area contributed by atoms with Crippen molar-refractivity contribution in [3.63, 3.8) is 0 Å². The number of ketones is 1. The average Bonchev–Trinajstić information content (AvgIpc) is 3.19. The Labute approximate surface area is 233 Å². The molecule has 0 atom stereocenters. The highest BCUT2D eigenvalue weighted by atomic mass is 16.1. The monoisotopic (exact) mass is 516 g/mol. The molecular weight excluding hydrogens is 476 g/mol. The Balaban J connectivity index is 0.968. The highest BCUT2D eigenvalue weighted by Gasteiger charge is 2.21. The summed E-state index contributed by atoms with van der Waals surface area (Å²) in [7, 11) is 0. The molecule has 39 heavy (non-hydrogen) atoms. The molecule has 0 bridgehead atoms. The van der Waals surface area contributed by atoms with Gasteiger partial charge >= 0.3 is 0 Å². The topological polar surface area (TPSA) is 23.6 Å². The second kappa shape index (κ2) is 12.3. The first-order chi connectivity index (χ1) is 19.2. The number of hydrogen-bond donors (Lipinski definition) is 0. The molecule has 0 unspecified atom stereocenters. The molecule has 2 aliphatic heterocycles. The van der Waals surface area contributed by atoms with Gasteiger partial charge in [0.15, 0.2) is 5.78 Å². The van der Waals surface area contributed by atoms with Gasteiger partial charge in [-0.3, -0.25) is 14.6 Å². The number of rotatable bonds is 8. The highest BCUT2D eigenvalue weighted by molar-refractivity contribution is 5.96. The van der Waals surface area contributed by atoms with E-state index in [4.69, 9.17) is 0 Å². The molecule has 1 saturated heterocycles. The third-order valence-electron chi connectivity index (χ3n) is 8.88. The molecule has 0 saturated carbocycles. The third kappa shape index (κ3) is 6.66. The van der Waals surface area contributed by atoms with Gasteiger partial charge in [-0.05, 0) is 96.3 Å². The van der Waals surface area contributed by atoms with Crippen LogP contribution in [0, 0.1) is 5.92 Å². The number of carbonyl (C=O) groups excluding carboxylic acids is 1. The van der Waals surface area contributed by atoms with Crippen LogP contribution in [0.25, 0.3) is 10.8 Å². The fourth-order valence-electron chi connectivity index (χ4n) is 6.45. The van der Waals surface area contributed by atoms with Gasteiger partial charge in [0.2, 0.25) is 0 Å². The van der Waals surface area contributed by atoms with Crippen LogP contribution in [-0.4, -0.2) is 41.8 Å². The smallest absolute Gasteiger partial charge is 0.162 e. The molecular formula is C36H40N2O. The van der Waals surface area contributed by atoms with E-state index in [2.05, 4.69) is 101 Å². The fraction of sp³-hybridized carbons (Fsp3) is 0.361. The summed E-state index contributed by atoms with van der Waals surface area (Å²) in [5.41, 5.74) is 6.48. The Morgan fingerprint density at radius 2 is 1.33 bits per heavy atom. The van der Waals surface area contributed by atoms with Gasteiger partial charge in [-0.25, -0.2) is 0 Å². The standard InChI is InChI=1S/C36H40N2O/c39-36(35-14-13-32-18-22-38(23-19-34(32)25-35)26-29-6-2-1-3-7-29)15-11-28-16-20-37(21-17-28)27-30-10-12-31-8-4-5-9-33(31)24-30/h1-10,12-14,24-25,28H,11,15-23,26-27H2. The van der Waals surface area contributed by atoms with Crippen molar-refractivity contribution in [3.8, 4) is 0 Å². The Kier molecular flexibility index (Phi) is 8.18. The summed E-state index contributed by atoms with van der Waals surface area (Å²) in [5, 5.41) is 2.63.